The van der Waals surface area contributed by atoms with E-state index in [1.54, 1.807) is 19.2 Å². The minimum absolute atomic E-state index is 0.134. The van der Waals surface area contributed by atoms with Gasteiger partial charge in [0.15, 0.2) is 0 Å². The summed E-state index contributed by atoms with van der Waals surface area (Å²) in [5, 5.41) is 14.3. The Morgan fingerprint density at radius 1 is 1.33 bits per heavy atom. The number of carbonyl (C=O) groups excluding carboxylic acids is 1. The molecule has 7 heteroatoms. The first-order valence-corrected chi connectivity index (χ1v) is 6.57. The third-order valence-corrected chi connectivity index (χ3v) is 3.30. The Bertz CT molecular complexity index is 503. The number of methoxy groups -OCH3 is 1. The summed E-state index contributed by atoms with van der Waals surface area (Å²) < 4.78 is 10.4. The third-order valence-electron chi connectivity index (χ3n) is 3.30. The average Bonchev–Trinajstić information content (AvgIpc) is 2.92. The van der Waals surface area contributed by atoms with Crippen LogP contribution in [0.3, 0.4) is 0 Å². The van der Waals surface area contributed by atoms with Gasteiger partial charge in [-0.3, -0.25) is 0 Å². The van der Waals surface area contributed by atoms with Crippen LogP contribution in [0.15, 0.2) is 24.3 Å². The number of carboxylic acid groups (broad SMARTS) is 1. The molecule has 2 amide bonds. The summed E-state index contributed by atoms with van der Waals surface area (Å²) in [5.74, 6) is -0.973. The molecule has 1 aliphatic heterocycles. The van der Waals surface area contributed by atoms with Crippen molar-refractivity contribution in [3.8, 4) is 0 Å². The number of carbonyl (C=O) groups is 2. The van der Waals surface area contributed by atoms with E-state index in [9.17, 15) is 9.59 Å². The van der Waals surface area contributed by atoms with Crippen molar-refractivity contribution in [2.75, 3.05) is 20.3 Å². The highest BCUT2D eigenvalue weighted by Gasteiger charge is 2.29. The van der Waals surface area contributed by atoms with Crippen LogP contribution >= 0.6 is 0 Å². The van der Waals surface area contributed by atoms with E-state index in [1.807, 2.05) is 0 Å². The molecule has 1 aliphatic rings. The Morgan fingerprint density at radius 2 is 2.05 bits per heavy atom. The molecular weight excluding hydrogens is 276 g/mol. The molecule has 21 heavy (non-hydrogen) atoms. The molecule has 3 N–H and O–H groups in total. The number of rotatable bonds is 5. The molecule has 0 spiro atoms. The molecule has 0 aromatic heterocycles. The van der Waals surface area contributed by atoms with Crippen LogP contribution in [0.5, 0.6) is 0 Å². The van der Waals surface area contributed by atoms with Gasteiger partial charge in [0, 0.05) is 13.7 Å². The van der Waals surface area contributed by atoms with Gasteiger partial charge in [-0.2, -0.15) is 0 Å². The highest BCUT2D eigenvalue weighted by Crippen LogP contribution is 2.08. The Balaban J connectivity index is 1.79. The molecular formula is C14H18N2O5. The topological polar surface area (TPSA) is 96.9 Å². The lowest BCUT2D eigenvalue weighted by atomic mass is 10.1. The van der Waals surface area contributed by atoms with E-state index in [0.29, 0.717) is 19.8 Å². The molecule has 2 rings (SSSR count). The number of nitrogens with one attached hydrogen (secondary N) is 2. The van der Waals surface area contributed by atoms with Gasteiger partial charge in [-0.05, 0) is 17.7 Å². The SMILES string of the molecule is CO[C@@H]1COC[C@H]1NC(=O)NCc1ccc(C(=O)O)cc1. The van der Waals surface area contributed by atoms with E-state index in [2.05, 4.69) is 10.6 Å². The van der Waals surface area contributed by atoms with Crippen molar-refractivity contribution < 1.29 is 24.2 Å². The smallest absolute Gasteiger partial charge is 0.335 e. The van der Waals surface area contributed by atoms with Gasteiger partial charge in [0.1, 0.15) is 6.10 Å². The van der Waals surface area contributed by atoms with Crippen molar-refractivity contribution in [2.24, 2.45) is 0 Å². The molecule has 1 aromatic carbocycles. The van der Waals surface area contributed by atoms with Crippen LogP contribution in [0.2, 0.25) is 0 Å². The third kappa shape index (κ3) is 4.17. The number of amides is 2. The maximum Gasteiger partial charge on any atom is 0.335 e. The lowest BCUT2D eigenvalue weighted by Gasteiger charge is -2.18. The summed E-state index contributed by atoms with van der Waals surface area (Å²) in [6.07, 6.45) is -0.134. The van der Waals surface area contributed by atoms with Gasteiger partial charge in [0.25, 0.3) is 0 Å². The quantitative estimate of drug-likeness (QED) is 0.739. The van der Waals surface area contributed by atoms with Crippen LogP contribution in [0, 0.1) is 0 Å². The summed E-state index contributed by atoms with van der Waals surface area (Å²) in [7, 11) is 1.58. The summed E-state index contributed by atoms with van der Waals surface area (Å²) in [6, 6.07) is 5.87. The first-order chi connectivity index (χ1) is 10.1. The van der Waals surface area contributed by atoms with E-state index in [1.165, 1.54) is 12.1 Å². The zero-order valence-corrected chi connectivity index (χ0v) is 11.7. The van der Waals surface area contributed by atoms with E-state index in [-0.39, 0.29) is 23.7 Å². The monoisotopic (exact) mass is 294 g/mol. The van der Waals surface area contributed by atoms with E-state index in [0.717, 1.165) is 5.56 Å². The largest absolute Gasteiger partial charge is 0.478 e. The van der Waals surface area contributed by atoms with E-state index < -0.39 is 5.97 Å². The Hall–Kier alpha value is -2.12. The summed E-state index contributed by atoms with van der Waals surface area (Å²) in [4.78, 5) is 22.5. The number of carboxylic acids is 1. The van der Waals surface area contributed by atoms with Crippen LogP contribution in [0.1, 0.15) is 15.9 Å². The fourth-order valence-electron chi connectivity index (χ4n) is 2.07. The van der Waals surface area contributed by atoms with Crippen LogP contribution in [0.4, 0.5) is 4.79 Å². The zero-order chi connectivity index (χ0) is 15.2. The van der Waals surface area contributed by atoms with Crippen molar-refractivity contribution in [2.45, 2.75) is 18.7 Å². The van der Waals surface area contributed by atoms with Gasteiger partial charge in [-0.25, -0.2) is 9.59 Å². The van der Waals surface area contributed by atoms with Gasteiger partial charge in [0.2, 0.25) is 0 Å². The van der Waals surface area contributed by atoms with Gasteiger partial charge in [-0.15, -0.1) is 0 Å². The molecule has 1 heterocycles. The second kappa shape index (κ2) is 7.05. The van der Waals surface area contributed by atoms with Crippen LogP contribution in [-0.4, -0.2) is 49.6 Å². The van der Waals surface area contributed by atoms with Crippen molar-refractivity contribution in [3.05, 3.63) is 35.4 Å². The minimum atomic E-state index is -0.973. The van der Waals surface area contributed by atoms with Crippen molar-refractivity contribution in [1.29, 1.82) is 0 Å². The predicted molar refractivity (Wildman–Crippen MR) is 74.2 cm³/mol. The number of hydrogen-bond acceptors (Lipinski definition) is 4. The van der Waals surface area contributed by atoms with Crippen LogP contribution in [0.25, 0.3) is 0 Å². The lowest BCUT2D eigenvalue weighted by Crippen LogP contribution is -2.47. The molecule has 1 saturated heterocycles. The fraction of sp³-hybridized carbons (Fsp3) is 0.429. The highest BCUT2D eigenvalue weighted by atomic mass is 16.5. The molecule has 0 unspecified atom stereocenters. The van der Waals surface area contributed by atoms with Crippen molar-refractivity contribution >= 4 is 12.0 Å². The standard InChI is InChI=1S/C14H18N2O5/c1-20-12-8-21-7-11(12)16-14(19)15-6-9-2-4-10(5-3-9)13(17)18/h2-5,11-12H,6-8H2,1H3,(H,17,18)(H2,15,16,19)/t11-,12-/m1/s1. The van der Waals surface area contributed by atoms with Crippen LogP contribution < -0.4 is 10.6 Å². The molecule has 7 nitrogen and oxygen atoms in total. The van der Waals surface area contributed by atoms with E-state index >= 15 is 0 Å². The summed E-state index contributed by atoms with van der Waals surface area (Å²) >= 11 is 0. The Kier molecular flexibility index (Phi) is 5.13. The molecule has 0 radical (unpaired) electrons. The van der Waals surface area contributed by atoms with Gasteiger partial charge in [0.05, 0.1) is 24.8 Å². The van der Waals surface area contributed by atoms with E-state index in [4.69, 9.17) is 14.6 Å². The van der Waals surface area contributed by atoms with Crippen LogP contribution in [-0.2, 0) is 16.0 Å². The first kappa shape index (κ1) is 15.3. The second-order valence-electron chi connectivity index (χ2n) is 4.75. The minimum Gasteiger partial charge on any atom is -0.478 e. The zero-order valence-electron chi connectivity index (χ0n) is 11.7. The summed E-state index contributed by atoms with van der Waals surface area (Å²) in [6.45, 7) is 1.22. The first-order valence-electron chi connectivity index (χ1n) is 6.57. The predicted octanol–water partition coefficient (Wildman–Crippen LogP) is 0.598. The van der Waals surface area contributed by atoms with Crippen molar-refractivity contribution in [3.63, 3.8) is 0 Å². The molecule has 114 valence electrons. The van der Waals surface area contributed by atoms with Gasteiger partial charge >= 0.3 is 12.0 Å². The van der Waals surface area contributed by atoms with Gasteiger partial charge in [-0.1, -0.05) is 12.1 Å². The maximum atomic E-state index is 11.8. The molecule has 0 bridgehead atoms. The summed E-state index contributed by atoms with van der Waals surface area (Å²) in [5.41, 5.74) is 1.04. The second-order valence-corrected chi connectivity index (χ2v) is 4.75. The van der Waals surface area contributed by atoms with Crippen molar-refractivity contribution in [1.82, 2.24) is 10.6 Å². The number of aromatic carboxylic acids is 1. The number of benzene rings is 1. The molecule has 1 aromatic rings. The lowest BCUT2D eigenvalue weighted by molar-refractivity contribution is 0.0697. The fourth-order valence-corrected chi connectivity index (χ4v) is 2.07. The molecule has 2 atom stereocenters. The normalized spacial score (nSPS) is 21.0. The molecule has 0 saturated carbocycles. The average molecular weight is 294 g/mol. The van der Waals surface area contributed by atoms with Gasteiger partial charge < -0.3 is 25.2 Å². The maximum absolute atomic E-state index is 11.8. The molecule has 1 fully saturated rings. The molecule has 0 aliphatic carbocycles. The highest BCUT2D eigenvalue weighted by molar-refractivity contribution is 5.87. The number of ether oxygens (including phenoxy) is 2. The Morgan fingerprint density at radius 3 is 2.67 bits per heavy atom. The number of hydrogen-bond donors (Lipinski definition) is 3. The number of urea groups is 1. The Labute approximate surface area is 122 Å².